The second kappa shape index (κ2) is 6.72. The van der Waals surface area contributed by atoms with Crippen molar-refractivity contribution in [2.75, 3.05) is 6.61 Å². The summed E-state index contributed by atoms with van der Waals surface area (Å²) < 4.78 is 11.7. The van der Waals surface area contributed by atoms with E-state index in [2.05, 4.69) is 15.9 Å². The van der Waals surface area contributed by atoms with Gasteiger partial charge in [-0.1, -0.05) is 28.1 Å². The van der Waals surface area contributed by atoms with Gasteiger partial charge in [-0.05, 0) is 29.7 Å². The Morgan fingerprint density at radius 1 is 1.09 bits per heavy atom. The number of fused-ring (bicyclic) bond motifs is 1. The minimum atomic E-state index is -1.46. The molecule has 0 unspecified atom stereocenters. The maximum absolute atomic E-state index is 10.2. The number of hydrogen-bond acceptors (Lipinski definition) is 6. The van der Waals surface area contributed by atoms with Crippen molar-refractivity contribution < 1.29 is 29.9 Å². The van der Waals surface area contributed by atoms with E-state index in [1.807, 2.05) is 24.3 Å². The molecule has 2 aromatic rings. The van der Waals surface area contributed by atoms with Gasteiger partial charge in [0.25, 0.3) is 0 Å². The molecule has 6 nitrogen and oxygen atoms in total. The van der Waals surface area contributed by atoms with E-state index in [-0.39, 0.29) is 0 Å². The number of halogens is 1. The van der Waals surface area contributed by atoms with Crippen LogP contribution in [0, 0.1) is 0 Å². The molecule has 1 heterocycles. The molecule has 0 spiro atoms. The number of ether oxygens (including phenoxy) is 2. The van der Waals surface area contributed by atoms with Crippen molar-refractivity contribution in [2.45, 2.75) is 30.7 Å². The normalized spacial score (nSPS) is 31.3. The highest BCUT2D eigenvalue weighted by Crippen LogP contribution is 2.31. The Bertz CT molecular complexity index is 693. The quantitative estimate of drug-likeness (QED) is 0.624. The van der Waals surface area contributed by atoms with Gasteiger partial charge in [-0.25, -0.2) is 0 Å². The van der Waals surface area contributed by atoms with Gasteiger partial charge in [0.05, 0.1) is 6.61 Å². The van der Waals surface area contributed by atoms with E-state index in [9.17, 15) is 15.3 Å². The molecule has 1 fully saturated rings. The average Bonchev–Trinajstić information content (AvgIpc) is 2.54. The number of benzene rings is 2. The van der Waals surface area contributed by atoms with Gasteiger partial charge in [0, 0.05) is 9.86 Å². The fourth-order valence-corrected chi connectivity index (χ4v) is 3.05. The molecular weight excluding hydrogens is 368 g/mol. The van der Waals surface area contributed by atoms with Crippen LogP contribution in [-0.4, -0.2) is 57.7 Å². The third-order valence-corrected chi connectivity index (χ3v) is 4.40. The molecule has 7 heteroatoms. The highest BCUT2D eigenvalue weighted by molar-refractivity contribution is 9.10. The summed E-state index contributed by atoms with van der Waals surface area (Å²) in [7, 11) is 0. The Balaban J connectivity index is 1.89. The van der Waals surface area contributed by atoms with Gasteiger partial charge in [-0.2, -0.15) is 0 Å². The van der Waals surface area contributed by atoms with Gasteiger partial charge >= 0.3 is 0 Å². The zero-order valence-electron chi connectivity index (χ0n) is 12.0. The maximum atomic E-state index is 10.2. The standard InChI is InChI=1S/C16H17BrO6/c17-9-4-5-10-8(6-9)2-1-3-11(10)22-15-14(20)13(19)12(7-18)23-16(15)21/h1-6,12-16,18-21H,7H2/t12-,13-,14+,15+,16+/m1/s1. The van der Waals surface area contributed by atoms with Crippen LogP contribution in [0.1, 0.15) is 0 Å². The Morgan fingerprint density at radius 2 is 1.87 bits per heavy atom. The van der Waals surface area contributed by atoms with E-state index in [1.54, 1.807) is 12.1 Å². The van der Waals surface area contributed by atoms with Gasteiger partial charge in [0.15, 0.2) is 12.4 Å². The predicted octanol–water partition coefficient (Wildman–Crippen LogP) is 0.781. The fraction of sp³-hybridized carbons (Fsp3) is 0.375. The first kappa shape index (κ1) is 16.6. The lowest BCUT2D eigenvalue weighted by Gasteiger charge is -2.39. The van der Waals surface area contributed by atoms with Gasteiger partial charge in [0.1, 0.15) is 24.1 Å². The van der Waals surface area contributed by atoms with Crippen LogP contribution in [0.2, 0.25) is 0 Å². The molecule has 124 valence electrons. The summed E-state index contributed by atoms with van der Waals surface area (Å²) in [6.07, 6.45) is -6.42. The summed E-state index contributed by atoms with van der Waals surface area (Å²) in [6.45, 7) is -0.510. The summed E-state index contributed by atoms with van der Waals surface area (Å²) in [5, 5.41) is 40.9. The van der Waals surface area contributed by atoms with Gasteiger partial charge in [0.2, 0.25) is 0 Å². The Labute approximate surface area is 141 Å². The molecule has 0 bridgehead atoms. The SMILES string of the molecule is OC[C@H]1O[C@H](O)[C@@H](Oc2cccc3cc(Br)ccc23)[C@@H](O)[C@@H]1O. The van der Waals surface area contributed by atoms with Crippen LogP contribution < -0.4 is 4.74 Å². The van der Waals surface area contributed by atoms with Gasteiger partial charge in [-0.3, -0.25) is 0 Å². The summed E-state index contributed by atoms with van der Waals surface area (Å²) in [5.74, 6) is 0.455. The number of aliphatic hydroxyl groups excluding tert-OH is 4. The summed E-state index contributed by atoms with van der Waals surface area (Å²) in [6, 6.07) is 11.0. The maximum Gasteiger partial charge on any atom is 0.195 e. The van der Waals surface area contributed by atoms with Crippen LogP contribution in [0.25, 0.3) is 10.8 Å². The summed E-state index contributed by atoms with van der Waals surface area (Å²) in [5.41, 5.74) is 0. The number of hydrogen-bond donors (Lipinski definition) is 4. The van der Waals surface area contributed by atoms with Crippen molar-refractivity contribution in [3.05, 3.63) is 40.9 Å². The minimum Gasteiger partial charge on any atom is -0.482 e. The first-order valence-corrected chi connectivity index (χ1v) is 7.96. The van der Waals surface area contributed by atoms with Crippen molar-refractivity contribution in [3.8, 4) is 5.75 Å². The van der Waals surface area contributed by atoms with Crippen molar-refractivity contribution in [2.24, 2.45) is 0 Å². The molecule has 0 aliphatic carbocycles. The molecule has 1 aliphatic rings. The largest absolute Gasteiger partial charge is 0.482 e. The third kappa shape index (κ3) is 3.21. The van der Waals surface area contributed by atoms with Gasteiger partial charge in [-0.15, -0.1) is 0 Å². The second-order valence-corrected chi connectivity index (χ2v) is 6.35. The van der Waals surface area contributed by atoms with E-state index in [0.29, 0.717) is 5.75 Å². The second-order valence-electron chi connectivity index (χ2n) is 5.43. The Morgan fingerprint density at radius 3 is 2.61 bits per heavy atom. The van der Waals surface area contributed by atoms with E-state index < -0.39 is 37.3 Å². The molecule has 23 heavy (non-hydrogen) atoms. The molecule has 2 aromatic carbocycles. The van der Waals surface area contributed by atoms with Crippen molar-refractivity contribution in [3.63, 3.8) is 0 Å². The van der Waals surface area contributed by atoms with E-state index in [4.69, 9.17) is 14.6 Å². The van der Waals surface area contributed by atoms with Crippen molar-refractivity contribution in [1.82, 2.24) is 0 Å². The first-order chi connectivity index (χ1) is 11.0. The highest BCUT2D eigenvalue weighted by Gasteiger charge is 2.45. The van der Waals surface area contributed by atoms with Crippen molar-refractivity contribution in [1.29, 1.82) is 0 Å². The molecule has 0 aromatic heterocycles. The van der Waals surface area contributed by atoms with Crippen LogP contribution in [0.5, 0.6) is 5.75 Å². The molecular formula is C16H17BrO6. The van der Waals surface area contributed by atoms with Crippen LogP contribution in [0.15, 0.2) is 40.9 Å². The molecule has 0 saturated carbocycles. The summed E-state index contributed by atoms with van der Waals surface area (Å²) in [4.78, 5) is 0. The molecule has 0 radical (unpaired) electrons. The zero-order valence-corrected chi connectivity index (χ0v) is 13.6. The molecule has 1 aliphatic heterocycles. The Hall–Kier alpha value is -1.22. The van der Waals surface area contributed by atoms with E-state index in [0.717, 1.165) is 15.2 Å². The van der Waals surface area contributed by atoms with Crippen LogP contribution in [0.3, 0.4) is 0 Å². The first-order valence-electron chi connectivity index (χ1n) is 7.16. The van der Waals surface area contributed by atoms with Crippen LogP contribution in [-0.2, 0) is 4.74 Å². The fourth-order valence-electron chi connectivity index (χ4n) is 2.67. The lowest BCUT2D eigenvalue weighted by atomic mass is 9.99. The van der Waals surface area contributed by atoms with Gasteiger partial charge < -0.3 is 29.9 Å². The number of aliphatic hydroxyl groups is 4. The molecule has 4 N–H and O–H groups in total. The monoisotopic (exact) mass is 384 g/mol. The smallest absolute Gasteiger partial charge is 0.195 e. The highest BCUT2D eigenvalue weighted by atomic mass is 79.9. The summed E-state index contributed by atoms with van der Waals surface area (Å²) >= 11 is 3.40. The molecule has 3 rings (SSSR count). The predicted molar refractivity (Wildman–Crippen MR) is 86.0 cm³/mol. The molecule has 0 amide bonds. The van der Waals surface area contributed by atoms with Crippen molar-refractivity contribution >= 4 is 26.7 Å². The molecule has 5 atom stereocenters. The lowest BCUT2D eigenvalue weighted by molar-refractivity contribution is -0.280. The lowest BCUT2D eigenvalue weighted by Crippen LogP contribution is -2.60. The van der Waals surface area contributed by atoms with Crippen LogP contribution in [0.4, 0.5) is 0 Å². The van der Waals surface area contributed by atoms with E-state index >= 15 is 0 Å². The van der Waals surface area contributed by atoms with Crippen LogP contribution >= 0.6 is 15.9 Å². The zero-order chi connectivity index (χ0) is 16.6. The topological polar surface area (TPSA) is 99.4 Å². The molecule has 1 saturated heterocycles. The average molecular weight is 385 g/mol. The minimum absolute atomic E-state index is 0.455. The van der Waals surface area contributed by atoms with E-state index in [1.165, 1.54) is 0 Å². The number of rotatable bonds is 3. The third-order valence-electron chi connectivity index (χ3n) is 3.91. The Kier molecular flexibility index (Phi) is 4.86.